The third-order valence-electron chi connectivity index (χ3n) is 2.35. The normalized spacial score (nSPS) is 10.4. The fourth-order valence-electron chi connectivity index (χ4n) is 1.57. The number of aryl methyl sites for hydroxylation is 1. The Hall–Kier alpha value is -1.90. The molecule has 0 atom stereocenters. The van der Waals surface area contributed by atoms with E-state index in [1.54, 1.807) is 13.0 Å². The van der Waals surface area contributed by atoms with Crippen LogP contribution in [0.2, 0.25) is 0 Å². The minimum atomic E-state index is -0.0290. The van der Waals surface area contributed by atoms with E-state index in [9.17, 15) is 10.0 Å². The molecule has 0 unspecified atom stereocenters. The van der Waals surface area contributed by atoms with Gasteiger partial charge in [-0.3, -0.25) is 0 Å². The van der Waals surface area contributed by atoms with E-state index in [-0.39, 0.29) is 11.4 Å². The number of phenols is 1. The van der Waals surface area contributed by atoms with E-state index in [1.807, 2.05) is 24.3 Å². The number of nitrogens with zero attached hydrogens (tertiary/aromatic N) is 1. The number of fused-ring (bicyclic) bond motifs is 1. The Morgan fingerprint density at radius 1 is 1.29 bits per heavy atom. The summed E-state index contributed by atoms with van der Waals surface area (Å²) in [5.74, 6) is -0.0290. The highest BCUT2D eigenvalue weighted by Crippen LogP contribution is 2.35. The van der Waals surface area contributed by atoms with Gasteiger partial charge in [-0.2, -0.15) is 0 Å². The van der Waals surface area contributed by atoms with Crippen LogP contribution in [0, 0.1) is 11.8 Å². The van der Waals surface area contributed by atoms with Crippen LogP contribution in [0.5, 0.6) is 5.75 Å². The number of rotatable bonds is 1. The van der Waals surface area contributed by atoms with Crippen LogP contribution < -0.4 is 0 Å². The zero-order valence-corrected chi connectivity index (χ0v) is 7.69. The van der Waals surface area contributed by atoms with Gasteiger partial charge in [-0.05, 0) is 28.9 Å². The summed E-state index contributed by atoms with van der Waals surface area (Å²) in [5, 5.41) is 14.2. The van der Waals surface area contributed by atoms with Gasteiger partial charge < -0.3 is 5.11 Å². The van der Waals surface area contributed by atoms with Crippen molar-refractivity contribution < 1.29 is 5.11 Å². The molecular weight excluding hydrogens is 178 g/mol. The predicted octanol–water partition coefficient (Wildman–Crippen LogP) is 3.25. The molecule has 3 heteroatoms. The van der Waals surface area contributed by atoms with Crippen molar-refractivity contribution in [3.8, 4) is 5.75 Å². The molecule has 0 aliphatic rings. The Morgan fingerprint density at radius 3 is 2.71 bits per heavy atom. The van der Waals surface area contributed by atoms with E-state index in [2.05, 4.69) is 5.18 Å². The average Bonchev–Trinajstić information content (AvgIpc) is 2.23. The second-order valence-electron chi connectivity index (χ2n) is 3.18. The molecule has 2 aromatic rings. The molecule has 2 aromatic carbocycles. The number of hydrogen-bond acceptors (Lipinski definition) is 3. The third kappa shape index (κ3) is 1.14. The molecule has 14 heavy (non-hydrogen) atoms. The van der Waals surface area contributed by atoms with Gasteiger partial charge in [0, 0.05) is 5.56 Å². The maximum Gasteiger partial charge on any atom is 0.150 e. The molecule has 0 aromatic heterocycles. The highest BCUT2D eigenvalue weighted by Gasteiger charge is 2.08. The van der Waals surface area contributed by atoms with Crippen LogP contribution in [0.15, 0.2) is 35.5 Å². The van der Waals surface area contributed by atoms with E-state index in [0.717, 1.165) is 10.8 Å². The Bertz CT molecular complexity index is 506. The SMILES string of the molecule is Cc1c(O)c(N=O)cc2ccccc12. The number of hydrogen-bond donors (Lipinski definition) is 1. The first kappa shape index (κ1) is 8.69. The van der Waals surface area contributed by atoms with Crippen LogP contribution in [-0.2, 0) is 0 Å². The van der Waals surface area contributed by atoms with Crippen molar-refractivity contribution in [3.05, 3.63) is 40.8 Å². The molecule has 70 valence electrons. The molecular formula is C11H9NO2. The Morgan fingerprint density at radius 2 is 2.00 bits per heavy atom. The lowest BCUT2D eigenvalue weighted by molar-refractivity contribution is 0.473. The van der Waals surface area contributed by atoms with Crippen LogP contribution in [0.4, 0.5) is 5.69 Å². The predicted molar refractivity (Wildman–Crippen MR) is 55.8 cm³/mol. The van der Waals surface area contributed by atoms with E-state index in [1.165, 1.54) is 0 Å². The summed E-state index contributed by atoms with van der Waals surface area (Å²) in [7, 11) is 0. The molecule has 0 saturated carbocycles. The minimum Gasteiger partial charge on any atom is -0.505 e. The van der Waals surface area contributed by atoms with E-state index in [4.69, 9.17) is 0 Å². The van der Waals surface area contributed by atoms with Crippen LogP contribution >= 0.6 is 0 Å². The smallest absolute Gasteiger partial charge is 0.150 e. The molecule has 2 rings (SSSR count). The average molecular weight is 187 g/mol. The van der Waals surface area contributed by atoms with Gasteiger partial charge >= 0.3 is 0 Å². The lowest BCUT2D eigenvalue weighted by Gasteiger charge is -2.05. The van der Waals surface area contributed by atoms with Crippen molar-refractivity contribution in [2.45, 2.75) is 6.92 Å². The summed E-state index contributed by atoms with van der Waals surface area (Å²) >= 11 is 0. The summed E-state index contributed by atoms with van der Waals surface area (Å²) in [6.45, 7) is 1.77. The fraction of sp³-hybridized carbons (Fsp3) is 0.0909. The number of benzene rings is 2. The highest BCUT2D eigenvalue weighted by molar-refractivity contribution is 5.91. The Labute approximate surface area is 81.0 Å². The Kier molecular flexibility index (Phi) is 1.93. The van der Waals surface area contributed by atoms with E-state index >= 15 is 0 Å². The fourth-order valence-corrected chi connectivity index (χ4v) is 1.57. The van der Waals surface area contributed by atoms with Crippen molar-refractivity contribution >= 4 is 16.5 Å². The molecule has 0 aliphatic carbocycles. The maximum absolute atomic E-state index is 10.4. The number of aromatic hydroxyl groups is 1. The van der Waals surface area contributed by atoms with Gasteiger partial charge in [-0.25, -0.2) is 0 Å². The summed E-state index contributed by atoms with van der Waals surface area (Å²) in [6, 6.07) is 9.15. The van der Waals surface area contributed by atoms with Crippen molar-refractivity contribution in [1.82, 2.24) is 0 Å². The first-order valence-electron chi connectivity index (χ1n) is 4.28. The van der Waals surface area contributed by atoms with E-state index < -0.39 is 0 Å². The van der Waals surface area contributed by atoms with Gasteiger partial charge in [-0.1, -0.05) is 24.3 Å². The second-order valence-corrected chi connectivity index (χ2v) is 3.18. The third-order valence-corrected chi connectivity index (χ3v) is 2.35. The standard InChI is InChI=1S/C11H9NO2/c1-7-9-5-3-2-4-8(9)6-10(12-14)11(7)13/h2-6,13H,1H3. The zero-order valence-electron chi connectivity index (χ0n) is 7.69. The second kappa shape index (κ2) is 3.10. The van der Waals surface area contributed by atoms with Crippen molar-refractivity contribution in [2.24, 2.45) is 5.18 Å². The number of nitroso groups, excluding NO2 is 1. The van der Waals surface area contributed by atoms with Gasteiger partial charge in [-0.15, -0.1) is 4.91 Å². The zero-order chi connectivity index (χ0) is 10.1. The quantitative estimate of drug-likeness (QED) is 0.696. The molecule has 0 saturated heterocycles. The molecule has 0 bridgehead atoms. The molecule has 0 fully saturated rings. The molecule has 1 N–H and O–H groups in total. The first-order chi connectivity index (χ1) is 6.74. The van der Waals surface area contributed by atoms with Gasteiger partial charge in [0.15, 0.2) is 5.69 Å². The van der Waals surface area contributed by atoms with Gasteiger partial charge in [0.25, 0.3) is 0 Å². The van der Waals surface area contributed by atoms with Crippen LogP contribution in [-0.4, -0.2) is 5.11 Å². The molecule has 0 amide bonds. The molecule has 0 spiro atoms. The van der Waals surface area contributed by atoms with Crippen LogP contribution in [0.25, 0.3) is 10.8 Å². The lowest BCUT2D eigenvalue weighted by atomic mass is 10.0. The van der Waals surface area contributed by atoms with Gasteiger partial charge in [0.1, 0.15) is 5.75 Å². The van der Waals surface area contributed by atoms with Crippen molar-refractivity contribution in [1.29, 1.82) is 0 Å². The summed E-state index contributed by atoms with van der Waals surface area (Å²) in [6.07, 6.45) is 0. The maximum atomic E-state index is 10.4. The molecule has 0 aliphatic heterocycles. The van der Waals surface area contributed by atoms with Crippen molar-refractivity contribution in [3.63, 3.8) is 0 Å². The molecule has 0 heterocycles. The summed E-state index contributed by atoms with van der Waals surface area (Å²) in [4.78, 5) is 10.4. The van der Waals surface area contributed by atoms with Crippen molar-refractivity contribution in [2.75, 3.05) is 0 Å². The summed E-state index contributed by atoms with van der Waals surface area (Å²) < 4.78 is 0. The van der Waals surface area contributed by atoms with Gasteiger partial charge in [0.2, 0.25) is 0 Å². The Balaban J connectivity index is 2.91. The first-order valence-corrected chi connectivity index (χ1v) is 4.28. The minimum absolute atomic E-state index is 0.0290. The molecule has 3 nitrogen and oxygen atoms in total. The topological polar surface area (TPSA) is 49.7 Å². The lowest BCUT2D eigenvalue weighted by Crippen LogP contribution is -1.80. The molecule has 0 radical (unpaired) electrons. The number of phenolic OH excluding ortho intramolecular Hbond substituents is 1. The van der Waals surface area contributed by atoms with E-state index in [0.29, 0.717) is 5.56 Å². The summed E-state index contributed by atoms with van der Waals surface area (Å²) in [5.41, 5.74) is 0.791. The largest absolute Gasteiger partial charge is 0.505 e. The highest BCUT2D eigenvalue weighted by atomic mass is 16.3. The van der Waals surface area contributed by atoms with Crippen LogP contribution in [0.3, 0.4) is 0 Å². The van der Waals surface area contributed by atoms with Crippen LogP contribution in [0.1, 0.15) is 5.56 Å². The van der Waals surface area contributed by atoms with Gasteiger partial charge in [0.05, 0.1) is 0 Å². The monoisotopic (exact) mass is 187 g/mol.